The lowest BCUT2D eigenvalue weighted by molar-refractivity contribution is -0.146. The maximum Gasteiger partial charge on any atom is 0.414 e. The van der Waals surface area contributed by atoms with Crippen LogP contribution in [-0.2, 0) is 33.0 Å². The molecule has 3 aliphatic heterocycles. The first-order valence-corrected chi connectivity index (χ1v) is 14.7. The van der Waals surface area contributed by atoms with Gasteiger partial charge < -0.3 is 19.5 Å². The van der Waals surface area contributed by atoms with Crippen LogP contribution in [0.15, 0.2) is 85.1 Å². The van der Waals surface area contributed by atoms with Crippen LogP contribution in [0.2, 0.25) is 0 Å². The van der Waals surface area contributed by atoms with Crippen molar-refractivity contribution in [3.63, 3.8) is 0 Å². The van der Waals surface area contributed by atoms with Crippen molar-refractivity contribution >= 4 is 23.4 Å². The minimum Gasteiger partial charge on any atom is -0.447 e. The van der Waals surface area contributed by atoms with E-state index in [0.29, 0.717) is 50.5 Å². The van der Waals surface area contributed by atoms with E-state index in [4.69, 9.17) is 9.47 Å². The number of fused-ring (bicyclic) bond motifs is 2. The monoisotopic (exact) mass is 579 g/mol. The lowest BCUT2D eigenvalue weighted by Crippen LogP contribution is -2.43. The number of aromatic nitrogens is 3. The summed E-state index contributed by atoms with van der Waals surface area (Å²) < 4.78 is 13.7. The third-order valence-corrected chi connectivity index (χ3v) is 8.78. The van der Waals surface area contributed by atoms with Gasteiger partial charge in [0.1, 0.15) is 18.4 Å². The Labute approximate surface area is 249 Å². The molecule has 0 aliphatic carbocycles. The second-order valence-electron chi connectivity index (χ2n) is 11.5. The number of carbonyl (C=O) groups is 2. The Balaban J connectivity index is 1.14. The summed E-state index contributed by atoms with van der Waals surface area (Å²) in [7, 11) is 0. The highest BCUT2D eigenvalue weighted by Crippen LogP contribution is 2.54. The van der Waals surface area contributed by atoms with Gasteiger partial charge in [-0.15, -0.1) is 5.10 Å². The zero-order chi connectivity index (χ0) is 29.6. The predicted octanol–water partition coefficient (Wildman–Crippen LogP) is 4.57. The number of ether oxygens (including phenoxy) is 2. The topological polar surface area (TPSA) is 110 Å². The molecule has 1 aromatic heterocycles. The number of benzene rings is 3. The first-order valence-electron chi connectivity index (χ1n) is 14.7. The van der Waals surface area contributed by atoms with Crippen LogP contribution >= 0.6 is 0 Å². The summed E-state index contributed by atoms with van der Waals surface area (Å²) in [5, 5.41) is 19.1. The smallest absolute Gasteiger partial charge is 0.414 e. The summed E-state index contributed by atoms with van der Waals surface area (Å²) >= 11 is 0. The third kappa shape index (κ3) is 4.76. The van der Waals surface area contributed by atoms with Gasteiger partial charge in [-0.05, 0) is 42.2 Å². The molecule has 220 valence electrons. The molecule has 0 unspecified atom stereocenters. The molecular weight excluding hydrogens is 546 g/mol. The SMILES string of the molecule is C[C@H]1C[C@@H](CCn2cc([C@H](O)c3ccccc3)nn2)O[C@]12C(=O)N(Cc1ccccc1)c1ccc(N3CCOC3=O)cc12. The number of hydrogen-bond acceptors (Lipinski definition) is 7. The molecule has 0 radical (unpaired) electrons. The highest BCUT2D eigenvalue weighted by Gasteiger charge is 2.60. The van der Waals surface area contributed by atoms with Crippen LogP contribution in [0.5, 0.6) is 0 Å². The van der Waals surface area contributed by atoms with Crippen molar-refractivity contribution in [2.45, 2.75) is 50.7 Å². The largest absolute Gasteiger partial charge is 0.447 e. The van der Waals surface area contributed by atoms with Crippen LogP contribution in [-0.4, -0.2) is 51.4 Å². The molecule has 4 aromatic rings. The molecule has 1 N–H and O–H groups in total. The number of aryl methyl sites for hydroxylation is 1. The van der Waals surface area contributed by atoms with Crippen molar-refractivity contribution in [3.05, 3.63) is 107 Å². The van der Waals surface area contributed by atoms with Gasteiger partial charge in [0.15, 0.2) is 5.60 Å². The van der Waals surface area contributed by atoms with E-state index in [-0.39, 0.29) is 24.0 Å². The number of anilines is 2. The molecule has 43 heavy (non-hydrogen) atoms. The molecule has 2 saturated heterocycles. The Kier molecular flexibility index (Phi) is 6.95. The summed E-state index contributed by atoms with van der Waals surface area (Å²) in [4.78, 5) is 30.2. The molecule has 4 heterocycles. The molecule has 1 spiro atoms. The van der Waals surface area contributed by atoms with Crippen molar-refractivity contribution in [2.75, 3.05) is 23.0 Å². The van der Waals surface area contributed by atoms with Gasteiger partial charge >= 0.3 is 6.09 Å². The molecular formula is C33H33N5O5. The second kappa shape index (κ2) is 10.9. The van der Waals surface area contributed by atoms with Gasteiger partial charge in [0, 0.05) is 23.7 Å². The van der Waals surface area contributed by atoms with Crippen LogP contribution in [0.25, 0.3) is 0 Å². The van der Waals surface area contributed by atoms with Gasteiger partial charge in [0.05, 0.1) is 31.1 Å². The Morgan fingerprint density at radius 3 is 2.56 bits per heavy atom. The van der Waals surface area contributed by atoms with E-state index in [1.54, 1.807) is 15.8 Å². The number of cyclic esters (lactones) is 1. The van der Waals surface area contributed by atoms with Gasteiger partial charge in [-0.2, -0.15) is 0 Å². The summed E-state index contributed by atoms with van der Waals surface area (Å²) in [6.45, 7) is 3.81. The zero-order valence-corrected chi connectivity index (χ0v) is 23.9. The Bertz CT molecular complexity index is 1640. The van der Waals surface area contributed by atoms with Crippen molar-refractivity contribution in [3.8, 4) is 0 Å². The molecule has 2 amide bonds. The zero-order valence-electron chi connectivity index (χ0n) is 23.9. The van der Waals surface area contributed by atoms with E-state index >= 15 is 0 Å². The van der Waals surface area contributed by atoms with Crippen molar-refractivity contribution in [1.29, 1.82) is 0 Å². The van der Waals surface area contributed by atoms with Crippen LogP contribution < -0.4 is 9.80 Å². The van der Waals surface area contributed by atoms with E-state index in [1.165, 1.54) is 0 Å². The number of carbonyl (C=O) groups excluding carboxylic acids is 2. The minimum atomic E-state index is -1.16. The standard InChI is InChI=1S/C33H33N5O5/c1-22-18-26(14-15-36-21-28(34-35-36)30(39)24-10-6-3-7-11-24)43-33(22)27-19-25(37-16-17-42-32(37)41)12-13-29(27)38(31(33)40)20-23-8-4-2-5-9-23/h2-13,19,21-22,26,30,39H,14-18,20H2,1H3/t22-,26+,30+,33+/m0/s1. The summed E-state index contributed by atoms with van der Waals surface area (Å²) in [6.07, 6.45) is 1.62. The highest BCUT2D eigenvalue weighted by atomic mass is 16.6. The molecule has 3 aliphatic rings. The molecule has 7 rings (SSSR count). The molecule has 3 aromatic carbocycles. The van der Waals surface area contributed by atoms with Crippen LogP contribution in [0.3, 0.4) is 0 Å². The molecule has 10 nitrogen and oxygen atoms in total. The number of rotatable bonds is 8. The molecule has 2 fully saturated rings. The van der Waals surface area contributed by atoms with E-state index in [1.807, 2.05) is 83.8 Å². The van der Waals surface area contributed by atoms with Crippen molar-refractivity contribution in [1.82, 2.24) is 15.0 Å². The van der Waals surface area contributed by atoms with Gasteiger partial charge in [0.2, 0.25) is 0 Å². The number of hydrogen-bond donors (Lipinski definition) is 1. The molecule has 0 saturated carbocycles. The predicted molar refractivity (Wildman–Crippen MR) is 158 cm³/mol. The minimum absolute atomic E-state index is 0.0865. The van der Waals surface area contributed by atoms with Crippen LogP contribution in [0.1, 0.15) is 48.3 Å². The summed E-state index contributed by atoms with van der Waals surface area (Å²) in [5.41, 5.74) is 3.38. The van der Waals surface area contributed by atoms with Gasteiger partial charge in [0.25, 0.3) is 5.91 Å². The average Bonchev–Trinajstić information content (AvgIpc) is 3.81. The van der Waals surface area contributed by atoms with E-state index in [2.05, 4.69) is 17.2 Å². The number of aliphatic hydroxyl groups excluding tert-OH is 1. The van der Waals surface area contributed by atoms with E-state index in [9.17, 15) is 14.7 Å². The number of amides is 2. The maximum atomic E-state index is 14.4. The maximum absolute atomic E-state index is 14.4. The fourth-order valence-corrected chi connectivity index (χ4v) is 6.59. The van der Waals surface area contributed by atoms with Gasteiger partial charge in [-0.25, -0.2) is 4.79 Å². The molecule has 0 bridgehead atoms. The first kappa shape index (κ1) is 27.3. The van der Waals surface area contributed by atoms with Gasteiger partial charge in [-0.3, -0.25) is 14.4 Å². The fourth-order valence-electron chi connectivity index (χ4n) is 6.59. The number of aliphatic hydroxyl groups is 1. The summed E-state index contributed by atoms with van der Waals surface area (Å²) in [6, 6.07) is 25.0. The normalized spacial score (nSPS) is 23.7. The lowest BCUT2D eigenvalue weighted by atomic mass is 9.82. The van der Waals surface area contributed by atoms with Gasteiger partial charge in [-0.1, -0.05) is 72.8 Å². The van der Waals surface area contributed by atoms with Crippen molar-refractivity contribution < 1.29 is 24.2 Å². The average molecular weight is 580 g/mol. The second-order valence-corrected chi connectivity index (χ2v) is 11.5. The third-order valence-electron chi connectivity index (χ3n) is 8.78. The lowest BCUT2D eigenvalue weighted by Gasteiger charge is -2.28. The van der Waals surface area contributed by atoms with E-state index < -0.39 is 11.7 Å². The Morgan fingerprint density at radius 1 is 1.05 bits per heavy atom. The highest BCUT2D eigenvalue weighted by molar-refractivity contribution is 6.08. The number of nitrogens with zero attached hydrogens (tertiary/aromatic N) is 5. The van der Waals surface area contributed by atoms with Crippen LogP contribution in [0.4, 0.5) is 16.2 Å². The first-order chi connectivity index (χ1) is 20.9. The van der Waals surface area contributed by atoms with Crippen LogP contribution in [0, 0.1) is 5.92 Å². The molecule has 4 atom stereocenters. The Morgan fingerprint density at radius 2 is 1.81 bits per heavy atom. The van der Waals surface area contributed by atoms with Crippen molar-refractivity contribution in [2.24, 2.45) is 5.92 Å². The fraction of sp³-hybridized carbons (Fsp3) is 0.333. The quantitative estimate of drug-likeness (QED) is 0.326. The Hall–Kier alpha value is -4.54. The molecule has 10 heteroatoms. The van der Waals surface area contributed by atoms with E-state index in [0.717, 1.165) is 22.4 Å². The summed E-state index contributed by atoms with van der Waals surface area (Å²) in [5.74, 6) is -0.187.